The molecule has 1 aromatic carbocycles. The van der Waals surface area contributed by atoms with Crippen LogP contribution >= 0.6 is 15.9 Å². The molecule has 1 amide bonds. The molecule has 0 atom stereocenters. The zero-order chi connectivity index (χ0) is 14.7. The first-order chi connectivity index (χ1) is 10.3. The highest BCUT2D eigenvalue weighted by Crippen LogP contribution is 2.20. The Morgan fingerprint density at radius 3 is 2.81 bits per heavy atom. The molecule has 0 aliphatic rings. The molecule has 0 saturated heterocycles. The zero-order valence-corrected chi connectivity index (χ0v) is 12.4. The molecule has 0 fully saturated rings. The molecule has 2 heterocycles. The van der Waals surface area contributed by atoms with Crippen LogP contribution in [0.2, 0.25) is 0 Å². The lowest BCUT2D eigenvalue weighted by Gasteiger charge is -2.10. The summed E-state index contributed by atoms with van der Waals surface area (Å²) in [6.07, 6.45) is 4.57. The van der Waals surface area contributed by atoms with Crippen molar-refractivity contribution >= 4 is 27.5 Å². The molecule has 21 heavy (non-hydrogen) atoms. The van der Waals surface area contributed by atoms with Crippen molar-refractivity contribution < 1.29 is 4.79 Å². The van der Waals surface area contributed by atoms with Gasteiger partial charge in [0.1, 0.15) is 12.7 Å². The maximum Gasteiger partial charge on any atom is 0.256 e. The van der Waals surface area contributed by atoms with E-state index in [1.165, 1.54) is 17.3 Å². The molecule has 3 aromatic rings. The van der Waals surface area contributed by atoms with Crippen molar-refractivity contribution in [3.63, 3.8) is 0 Å². The molecule has 2 aromatic heterocycles. The van der Waals surface area contributed by atoms with Crippen LogP contribution in [0.3, 0.4) is 0 Å². The molecule has 0 unspecified atom stereocenters. The van der Waals surface area contributed by atoms with E-state index >= 15 is 0 Å². The van der Waals surface area contributed by atoms with Gasteiger partial charge in [-0.15, -0.1) is 0 Å². The van der Waals surface area contributed by atoms with Gasteiger partial charge >= 0.3 is 0 Å². The molecule has 0 bridgehead atoms. The van der Waals surface area contributed by atoms with Gasteiger partial charge in [0, 0.05) is 10.7 Å². The Labute approximate surface area is 129 Å². The molecular formula is C14H10BrN5O. The third-order valence-electron chi connectivity index (χ3n) is 2.79. The number of anilines is 1. The summed E-state index contributed by atoms with van der Waals surface area (Å²) < 4.78 is 2.23. The van der Waals surface area contributed by atoms with Gasteiger partial charge in [-0.2, -0.15) is 5.10 Å². The molecule has 1 N–H and O–H groups in total. The van der Waals surface area contributed by atoms with Crippen LogP contribution < -0.4 is 5.32 Å². The van der Waals surface area contributed by atoms with Crippen molar-refractivity contribution in [1.29, 1.82) is 0 Å². The molecule has 0 spiro atoms. The van der Waals surface area contributed by atoms with E-state index in [1.54, 1.807) is 30.5 Å². The summed E-state index contributed by atoms with van der Waals surface area (Å²) in [6, 6.07) is 10.7. The summed E-state index contributed by atoms with van der Waals surface area (Å²) in [5.41, 5.74) is 1.11. The van der Waals surface area contributed by atoms with Gasteiger partial charge in [-0.3, -0.25) is 4.79 Å². The van der Waals surface area contributed by atoms with Crippen LogP contribution in [0.5, 0.6) is 0 Å². The van der Waals surface area contributed by atoms with Crippen LogP contribution in [0.15, 0.2) is 59.7 Å². The number of nitrogens with zero attached hydrogens (tertiary/aromatic N) is 4. The fourth-order valence-corrected chi connectivity index (χ4v) is 2.29. The Morgan fingerprint density at radius 2 is 2.05 bits per heavy atom. The highest BCUT2D eigenvalue weighted by Gasteiger charge is 2.13. The fourth-order valence-electron chi connectivity index (χ4n) is 1.83. The van der Waals surface area contributed by atoms with Crippen molar-refractivity contribution in [2.75, 3.05) is 5.32 Å². The van der Waals surface area contributed by atoms with E-state index in [-0.39, 0.29) is 5.91 Å². The number of rotatable bonds is 3. The predicted octanol–water partition coefficient (Wildman–Crippen LogP) is 2.68. The van der Waals surface area contributed by atoms with Gasteiger partial charge in [0.2, 0.25) is 0 Å². The number of hydrogen-bond acceptors (Lipinski definition) is 4. The quantitative estimate of drug-likeness (QED) is 0.793. The van der Waals surface area contributed by atoms with Crippen molar-refractivity contribution in [2.24, 2.45) is 0 Å². The van der Waals surface area contributed by atoms with Crippen LogP contribution in [0, 0.1) is 0 Å². The maximum absolute atomic E-state index is 12.3. The van der Waals surface area contributed by atoms with E-state index in [0.29, 0.717) is 17.1 Å². The Hall–Kier alpha value is -2.54. The first-order valence-electron chi connectivity index (χ1n) is 6.11. The van der Waals surface area contributed by atoms with Gasteiger partial charge in [-0.05, 0) is 40.2 Å². The Kier molecular flexibility index (Phi) is 3.74. The van der Waals surface area contributed by atoms with E-state index in [2.05, 4.69) is 36.3 Å². The maximum atomic E-state index is 12.3. The number of hydrogen-bond donors (Lipinski definition) is 1. The predicted molar refractivity (Wildman–Crippen MR) is 81.2 cm³/mol. The monoisotopic (exact) mass is 343 g/mol. The van der Waals surface area contributed by atoms with Gasteiger partial charge in [0.05, 0.1) is 11.3 Å². The zero-order valence-electron chi connectivity index (χ0n) is 10.8. The topological polar surface area (TPSA) is 72.7 Å². The number of halogens is 1. The molecule has 7 heteroatoms. The van der Waals surface area contributed by atoms with Crippen molar-refractivity contribution in [3.05, 3.63) is 65.3 Å². The van der Waals surface area contributed by atoms with Crippen LogP contribution in [0.4, 0.5) is 5.69 Å². The Bertz CT molecular complexity index is 773. The average Bonchev–Trinajstić information content (AvgIpc) is 3.02. The van der Waals surface area contributed by atoms with Gasteiger partial charge in [-0.1, -0.05) is 12.1 Å². The highest BCUT2D eigenvalue weighted by molar-refractivity contribution is 9.10. The average molecular weight is 344 g/mol. The standard InChI is InChI=1S/C14H10BrN5O/c15-11-5-2-1-4-10(11)14(21)19-12-6-3-7-17-13(12)20-9-16-8-18-20/h1-9H,(H,19,21). The molecule has 0 radical (unpaired) electrons. The summed E-state index contributed by atoms with van der Waals surface area (Å²) in [4.78, 5) is 20.4. The van der Waals surface area contributed by atoms with E-state index < -0.39 is 0 Å². The second kappa shape index (κ2) is 5.84. The Morgan fingerprint density at radius 1 is 1.19 bits per heavy atom. The number of aromatic nitrogens is 4. The second-order valence-electron chi connectivity index (χ2n) is 4.15. The molecular weight excluding hydrogens is 334 g/mol. The van der Waals surface area contributed by atoms with Crippen LogP contribution in [-0.2, 0) is 0 Å². The molecule has 0 saturated carbocycles. The number of carbonyl (C=O) groups excluding carboxylic acids is 1. The summed E-state index contributed by atoms with van der Waals surface area (Å²) in [7, 11) is 0. The van der Waals surface area contributed by atoms with E-state index in [1.807, 2.05) is 12.1 Å². The lowest BCUT2D eigenvalue weighted by Crippen LogP contribution is -2.15. The van der Waals surface area contributed by atoms with Crippen molar-refractivity contribution in [2.45, 2.75) is 0 Å². The molecule has 104 valence electrons. The third-order valence-corrected chi connectivity index (χ3v) is 3.48. The summed E-state index contributed by atoms with van der Waals surface area (Å²) in [6.45, 7) is 0. The minimum Gasteiger partial charge on any atom is -0.319 e. The first kappa shape index (κ1) is 13.4. The minimum absolute atomic E-state index is 0.225. The number of benzene rings is 1. The smallest absolute Gasteiger partial charge is 0.256 e. The molecule has 0 aliphatic heterocycles. The van der Waals surface area contributed by atoms with Crippen molar-refractivity contribution in [1.82, 2.24) is 19.7 Å². The number of pyridine rings is 1. The highest BCUT2D eigenvalue weighted by atomic mass is 79.9. The molecule has 0 aliphatic carbocycles. The van der Waals surface area contributed by atoms with Gasteiger partial charge in [0.25, 0.3) is 5.91 Å². The van der Waals surface area contributed by atoms with Gasteiger partial charge < -0.3 is 5.32 Å². The summed E-state index contributed by atoms with van der Waals surface area (Å²) in [5, 5.41) is 6.86. The minimum atomic E-state index is -0.225. The SMILES string of the molecule is O=C(Nc1cccnc1-n1cncn1)c1ccccc1Br. The second-order valence-corrected chi connectivity index (χ2v) is 5.00. The molecule has 6 nitrogen and oxygen atoms in total. The van der Waals surface area contributed by atoms with Crippen LogP contribution in [0.1, 0.15) is 10.4 Å². The summed E-state index contributed by atoms with van der Waals surface area (Å²) in [5.74, 6) is 0.284. The van der Waals surface area contributed by atoms with E-state index in [9.17, 15) is 4.79 Å². The Balaban J connectivity index is 1.93. The number of carbonyl (C=O) groups is 1. The number of amides is 1. The summed E-state index contributed by atoms with van der Waals surface area (Å²) >= 11 is 3.36. The van der Waals surface area contributed by atoms with Crippen LogP contribution in [0.25, 0.3) is 5.82 Å². The largest absolute Gasteiger partial charge is 0.319 e. The normalized spacial score (nSPS) is 10.3. The fraction of sp³-hybridized carbons (Fsp3) is 0. The lowest BCUT2D eigenvalue weighted by atomic mass is 10.2. The van der Waals surface area contributed by atoms with E-state index in [0.717, 1.165) is 4.47 Å². The van der Waals surface area contributed by atoms with E-state index in [4.69, 9.17) is 0 Å². The van der Waals surface area contributed by atoms with Crippen molar-refractivity contribution in [3.8, 4) is 5.82 Å². The molecule has 3 rings (SSSR count). The first-order valence-corrected chi connectivity index (χ1v) is 6.91. The number of nitrogens with one attached hydrogen (secondary N) is 1. The van der Waals surface area contributed by atoms with Gasteiger partial charge in [-0.25, -0.2) is 14.6 Å². The third kappa shape index (κ3) is 2.82. The van der Waals surface area contributed by atoms with Gasteiger partial charge in [0.15, 0.2) is 5.82 Å². The lowest BCUT2D eigenvalue weighted by molar-refractivity contribution is 0.102. The van der Waals surface area contributed by atoms with Crippen LogP contribution in [-0.4, -0.2) is 25.7 Å².